The molecule has 0 spiro atoms. The minimum absolute atomic E-state index is 0.111. The molecular weight excluding hydrogens is 302 g/mol. The standard InChI is InChI=1S/C15H17N3O3S/c1-9-4-5-10-12(7-9)22-15(17-10)18-13(19)8-16-14(20)11-3-2-6-21-11/h2-3,6,9H,4-5,7-8H2,1H3,(H,16,20)(H,17,18,19). The number of carbonyl (C=O) groups is 2. The molecule has 0 aromatic carbocycles. The van der Waals surface area contributed by atoms with Gasteiger partial charge in [-0.3, -0.25) is 9.59 Å². The van der Waals surface area contributed by atoms with Crippen molar-refractivity contribution < 1.29 is 14.0 Å². The number of anilines is 1. The monoisotopic (exact) mass is 319 g/mol. The Morgan fingerprint density at radius 3 is 3.14 bits per heavy atom. The lowest BCUT2D eigenvalue weighted by Gasteiger charge is -2.15. The van der Waals surface area contributed by atoms with Crippen molar-refractivity contribution in [2.45, 2.75) is 26.2 Å². The van der Waals surface area contributed by atoms with Crippen LogP contribution >= 0.6 is 11.3 Å². The van der Waals surface area contributed by atoms with Crippen LogP contribution in [0.15, 0.2) is 22.8 Å². The maximum absolute atomic E-state index is 11.9. The summed E-state index contributed by atoms with van der Waals surface area (Å²) in [5.41, 5.74) is 1.10. The zero-order chi connectivity index (χ0) is 15.5. The first-order valence-electron chi connectivity index (χ1n) is 7.22. The fourth-order valence-corrected chi connectivity index (χ4v) is 3.60. The Bertz CT molecular complexity index is 678. The van der Waals surface area contributed by atoms with Gasteiger partial charge < -0.3 is 15.1 Å². The first kappa shape index (κ1) is 14.8. The van der Waals surface area contributed by atoms with Crippen LogP contribution in [0.4, 0.5) is 5.13 Å². The Hall–Kier alpha value is -2.15. The van der Waals surface area contributed by atoms with Crippen LogP contribution in [0.2, 0.25) is 0 Å². The summed E-state index contributed by atoms with van der Waals surface area (Å²) in [6.45, 7) is 2.12. The fraction of sp³-hybridized carbons (Fsp3) is 0.400. The van der Waals surface area contributed by atoms with Gasteiger partial charge in [0.05, 0.1) is 18.5 Å². The van der Waals surface area contributed by atoms with Crippen LogP contribution in [0.5, 0.6) is 0 Å². The molecule has 0 saturated heterocycles. The van der Waals surface area contributed by atoms with E-state index in [4.69, 9.17) is 4.42 Å². The van der Waals surface area contributed by atoms with E-state index in [0.29, 0.717) is 11.0 Å². The molecule has 22 heavy (non-hydrogen) atoms. The molecule has 116 valence electrons. The lowest BCUT2D eigenvalue weighted by molar-refractivity contribution is -0.115. The van der Waals surface area contributed by atoms with Gasteiger partial charge in [-0.2, -0.15) is 0 Å². The van der Waals surface area contributed by atoms with Crippen LogP contribution in [0.25, 0.3) is 0 Å². The molecule has 2 amide bonds. The van der Waals surface area contributed by atoms with Crippen molar-refractivity contribution in [3.63, 3.8) is 0 Å². The molecule has 6 nitrogen and oxygen atoms in total. The van der Waals surface area contributed by atoms with Crippen LogP contribution < -0.4 is 10.6 Å². The van der Waals surface area contributed by atoms with Gasteiger partial charge in [0.15, 0.2) is 10.9 Å². The van der Waals surface area contributed by atoms with Crippen LogP contribution in [0, 0.1) is 5.92 Å². The van der Waals surface area contributed by atoms with E-state index < -0.39 is 5.91 Å². The van der Waals surface area contributed by atoms with Crippen molar-refractivity contribution in [2.75, 3.05) is 11.9 Å². The van der Waals surface area contributed by atoms with E-state index >= 15 is 0 Å². The number of aromatic nitrogens is 1. The maximum atomic E-state index is 11.9. The minimum atomic E-state index is -0.410. The third kappa shape index (κ3) is 3.36. The molecule has 0 bridgehead atoms. The van der Waals surface area contributed by atoms with Crippen LogP contribution in [-0.4, -0.2) is 23.3 Å². The summed E-state index contributed by atoms with van der Waals surface area (Å²) in [4.78, 5) is 29.2. The summed E-state index contributed by atoms with van der Waals surface area (Å²) in [5.74, 6) is 0.155. The van der Waals surface area contributed by atoms with Gasteiger partial charge in [-0.05, 0) is 37.3 Å². The fourth-order valence-electron chi connectivity index (χ4n) is 2.41. The quantitative estimate of drug-likeness (QED) is 0.905. The smallest absolute Gasteiger partial charge is 0.287 e. The lowest BCUT2D eigenvalue weighted by atomic mass is 9.93. The van der Waals surface area contributed by atoms with Gasteiger partial charge in [0, 0.05) is 4.88 Å². The highest BCUT2D eigenvalue weighted by Crippen LogP contribution is 2.31. The van der Waals surface area contributed by atoms with Gasteiger partial charge in [-0.25, -0.2) is 4.98 Å². The number of carbonyl (C=O) groups excluding carboxylic acids is 2. The second-order valence-corrected chi connectivity index (χ2v) is 6.53. The van der Waals surface area contributed by atoms with E-state index in [1.165, 1.54) is 22.5 Å². The van der Waals surface area contributed by atoms with Crippen molar-refractivity contribution in [3.05, 3.63) is 34.7 Å². The Labute approximate surface area is 131 Å². The zero-order valence-corrected chi connectivity index (χ0v) is 13.0. The second kappa shape index (κ2) is 6.31. The normalized spacial score (nSPS) is 16.9. The molecule has 7 heteroatoms. The van der Waals surface area contributed by atoms with Crippen molar-refractivity contribution in [2.24, 2.45) is 5.92 Å². The molecule has 0 radical (unpaired) electrons. The summed E-state index contributed by atoms with van der Waals surface area (Å²) in [6, 6.07) is 3.17. The average Bonchev–Trinajstić information content (AvgIpc) is 3.13. The van der Waals surface area contributed by atoms with E-state index in [9.17, 15) is 9.59 Å². The van der Waals surface area contributed by atoms with E-state index in [0.717, 1.165) is 25.0 Å². The first-order valence-corrected chi connectivity index (χ1v) is 8.03. The number of fused-ring (bicyclic) bond motifs is 1. The number of furan rings is 1. The molecule has 1 aliphatic rings. The van der Waals surface area contributed by atoms with Gasteiger partial charge >= 0.3 is 0 Å². The Kier molecular flexibility index (Phi) is 4.24. The summed E-state index contributed by atoms with van der Waals surface area (Å²) in [5, 5.41) is 5.85. The summed E-state index contributed by atoms with van der Waals surface area (Å²) in [7, 11) is 0. The number of nitrogens with one attached hydrogen (secondary N) is 2. The van der Waals surface area contributed by atoms with Crippen molar-refractivity contribution in [1.29, 1.82) is 0 Å². The van der Waals surface area contributed by atoms with Crippen molar-refractivity contribution in [1.82, 2.24) is 10.3 Å². The number of nitrogens with zero attached hydrogens (tertiary/aromatic N) is 1. The Balaban J connectivity index is 1.53. The molecule has 1 unspecified atom stereocenters. The summed E-state index contributed by atoms with van der Waals surface area (Å²) < 4.78 is 4.96. The molecule has 2 aromatic rings. The molecule has 1 atom stereocenters. The Morgan fingerprint density at radius 2 is 2.36 bits per heavy atom. The number of amides is 2. The Morgan fingerprint density at radius 1 is 1.50 bits per heavy atom. The highest BCUT2D eigenvalue weighted by molar-refractivity contribution is 7.15. The van der Waals surface area contributed by atoms with Crippen LogP contribution in [-0.2, 0) is 17.6 Å². The van der Waals surface area contributed by atoms with Gasteiger partial charge in [-0.15, -0.1) is 11.3 Å². The third-order valence-electron chi connectivity index (χ3n) is 3.59. The number of hydrogen-bond donors (Lipinski definition) is 2. The molecule has 0 saturated carbocycles. The number of rotatable bonds is 4. The lowest BCUT2D eigenvalue weighted by Crippen LogP contribution is -2.32. The van der Waals surface area contributed by atoms with E-state index in [2.05, 4.69) is 22.5 Å². The molecule has 3 rings (SSSR count). The number of thiazole rings is 1. The minimum Gasteiger partial charge on any atom is -0.459 e. The average molecular weight is 319 g/mol. The molecule has 2 N–H and O–H groups in total. The second-order valence-electron chi connectivity index (χ2n) is 5.45. The van der Waals surface area contributed by atoms with Gasteiger partial charge in [-0.1, -0.05) is 6.92 Å². The van der Waals surface area contributed by atoms with Gasteiger partial charge in [0.25, 0.3) is 5.91 Å². The van der Waals surface area contributed by atoms with Crippen molar-refractivity contribution in [3.8, 4) is 0 Å². The third-order valence-corrected chi connectivity index (χ3v) is 4.62. The number of aryl methyl sites for hydroxylation is 1. The predicted molar refractivity (Wildman–Crippen MR) is 83.0 cm³/mol. The molecule has 0 aliphatic heterocycles. The van der Waals surface area contributed by atoms with Gasteiger partial charge in [0.2, 0.25) is 5.91 Å². The molecular formula is C15H17N3O3S. The van der Waals surface area contributed by atoms with E-state index in [1.807, 2.05) is 0 Å². The maximum Gasteiger partial charge on any atom is 0.287 e. The van der Waals surface area contributed by atoms with Crippen molar-refractivity contribution >= 4 is 28.3 Å². The van der Waals surface area contributed by atoms with Crippen LogP contribution in [0.3, 0.4) is 0 Å². The molecule has 2 heterocycles. The SMILES string of the molecule is CC1CCc2nc(NC(=O)CNC(=O)c3ccco3)sc2C1. The molecule has 2 aromatic heterocycles. The highest BCUT2D eigenvalue weighted by Gasteiger charge is 2.20. The highest BCUT2D eigenvalue weighted by atomic mass is 32.1. The largest absolute Gasteiger partial charge is 0.459 e. The summed E-state index contributed by atoms with van der Waals surface area (Å²) >= 11 is 1.53. The predicted octanol–water partition coefficient (Wildman–Crippen LogP) is 2.23. The first-order chi connectivity index (χ1) is 10.6. The molecule has 1 aliphatic carbocycles. The van der Waals surface area contributed by atoms with Gasteiger partial charge in [0.1, 0.15) is 0 Å². The number of hydrogen-bond acceptors (Lipinski definition) is 5. The molecule has 0 fully saturated rings. The summed E-state index contributed by atoms with van der Waals surface area (Å²) in [6.07, 6.45) is 4.55. The topological polar surface area (TPSA) is 84.2 Å². The van der Waals surface area contributed by atoms with E-state index in [1.54, 1.807) is 12.1 Å². The zero-order valence-electron chi connectivity index (χ0n) is 12.2. The van der Waals surface area contributed by atoms with Crippen LogP contribution in [0.1, 0.15) is 34.5 Å². The van der Waals surface area contributed by atoms with E-state index in [-0.39, 0.29) is 18.2 Å².